The Hall–Kier alpha value is -0.490. The minimum atomic E-state index is -0.874. The summed E-state index contributed by atoms with van der Waals surface area (Å²) in [6.45, 7) is 7.87. The van der Waals surface area contributed by atoms with E-state index in [4.69, 9.17) is 0 Å². The summed E-state index contributed by atoms with van der Waals surface area (Å²) in [6.07, 6.45) is 7.96. The van der Waals surface area contributed by atoms with Gasteiger partial charge in [0.1, 0.15) is 17.4 Å². The molecule has 4 aliphatic carbocycles. The van der Waals surface area contributed by atoms with Crippen molar-refractivity contribution in [2.24, 2.45) is 52.8 Å². The normalized spacial score (nSPS) is 61.8. The maximum absolute atomic E-state index is 14.2. The first-order chi connectivity index (χ1) is 15.0. The van der Waals surface area contributed by atoms with Gasteiger partial charge in [0.15, 0.2) is 0 Å². The van der Waals surface area contributed by atoms with Gasteiger partial charge in [0, 0.05) is 36.5 Å². The number of rotatable bonds is 0. The summed E-state index contributed by atoms with van der Waals surface area (Å²) in [5, 5.41) is 36.3. The number of aliphatic hydroxyl groups excluding tert-OH is 1. The smallest absolute Gasteiger partial charge is 0.136 e. The first-order valence-electron chi connectivity index (χ1n) is 13.6. The summed E-state index contributed by atoms with van der Waals surface area (Å²) >= 11 is 0. The third-order valence-electron chi connectivity index (χ3n) is 12.1. The fourth-order valence-corrected chi connectivity index (χ4v) is 10.7. The highest BCUT2D eigenvalue weighted by Crippen LogP contribution is 2.67. The van der Waals surface area contributed by atoms with E-state index in [1.807, 2.05) is 6.92 Å². The van der Waals surface area contributed by atoms with Gasteiger partial charge >= 0.3 is 0 Å². The predicted molar refractivity (Wildman–Crippen MR) is 122 cm³/mol. The standard InChI is InChI=1S/C27H43NO4/c1-15-4-7-25-27(3,31)21-6-5-17-18(20(21)14-28(25,32)13-15)11-22-19(17)12-24(30)23-10-16(29)8-9-26(22,23)2/h15-23,25,29,31H,4-14H2,1-3H3. The zero-order valence-electron chi connectivity index (χ0n) is 20.2. The van der Waals surface area contributed by atoms with Crippen molar-refractivity contribution in [3.63, 3.8) is 0 Å². The Morgan fingerprint density at radius 2 is 1.72 bits per heavy atom. The van der Waals surface area contributed by atoms with Gasteiger partial charge in [-0.05, 0) is 81.0 Å². The SMILES string of the molecule is CC1CCC2C(C)(O)C3CCC4C(CC5C4CC(=O)C4CC(O)CCC45C)C3C[N+]2([O-])C1. The molecule has 5 heteroatoms. The van der Waals surface area contributed by atoms with Gasteiger partial charge in [0.05, 0.1) is 19.2 Å². The lowest BCUT2D eigenvalue weighted by molar-refractivity contribution is -0.933. The largest absolute Gasteiger partial charge is 0.633 e. The van der Waals surface area contributed by atoms with Crippen molar-refractivity contribution >= 4 is 5.78 Å². The van der Waals surface area contributed by atoms with Crippen molar-refractivity contribution in [2.45, 2.75) is 96.3 Å². The van der Waals surface area contributed by atoms with E-state index in [0.717, 1.165) is 44.9 Å². The molecule has 13 unspecified atom stereocenters. The van der Waals surface area contributed by atoms with Crippen LogP contribution in [0, 0.1) is 58.0 Å². The lowest BCUT2D eigenvalue weighted by Crippen LogP contribution is -2.73. The second-order valence-electron chi connectivity index (χ2n) is 13.6. The fraction of sp³-hybridized carbons (Fsp3) is 0.963. The molecule has 2 N–H and O–H groups in total. The number of fused-ring (bicyclic) bond motifs is 8. The number of ketones is 1. The van der Waals surface area contributed by atoms with E-state index < -0.39 is 5.60 Å². The molecule has 32 heavy (non-hydrogen) atoms. The summed E-state index contributed by atoms with van der Waals surface area (Å²) in [5.74, 6) is 3.37. The van der Waals surface area contributed by atoms with Crippen LogP contribution in [0.15, 0.2) is 0 Å². The van der Waals surface area contributed by atoms with E-state index in [9.17, 15) is 20.2 Å². The average molecular weight is 446 g/mol. The Morgan fingerprint density at radius 3 is 2.50 bits per heavy atom. The topological polar surface area (TPSA) is 80.6 Å². The van der Waals surface area contributed by atoms with Crippen LogP contribution < -0.4 is 0 Å². The summed E-state index contributed by atoms with van der Waals surface area (Å²) in [6, 6.07) is -0.163. The van der Waals surface area contributed by atoms with Crippen molar-refractivity contribution in [2.75, 3.05) is 13.1 Å². The number of hydrogen-bond acceptors (Lipinski definition) is 4. The van der Waals surface area contributed by atoms with E-state index in [-0.39, 0.29) is 34.0 Å². The zero-order chi connectivity index (χ0) is 22.6. The fourth-order valence-electron chi connectivity index (χ4n) is 10.7. The number of carbonyl (C=O) groups is 1. The first-order valence-corrected chi connectivity index (χ1v) is 13.6. The molecule has 0 radical (unpaired) electrons. The molecule has 0 aromatic rings. The Balaban J connectivity index is 1.33. The molecule has 0 aromatic heterocycles. The minimum Gasteiger partial charge on any atom is -0.633 e. The van der Waals surface area contributed by atoms with E-state index in [1.165, 1.54) is 0 Å². The lowest BCUT2D eigenvalue weighted by Gasteiger charge is -2.66. The highest BCUT2D eigenvalue weighted by molar-refractivity contribution is 5.83. The highest BCUT2D eigenvalue weighted by atomic mass is 16.6. The van der Waals surface area contributed by atoms with Crippen LogP contribution in [-0.4, -0.2) is 51.5 Å². The van der Waals surface area contributed by atoms with Crippen LogP contribution in [0.2, 0.25) is 0 Å². The predicted octanol–water partition coefficient (Wildman–Crippen LogP) is 3.90. The van der Waals surface area contributed by atoms with Crippen LogP contribution in [-0.2, 0) is 4.79 Å². The van der Waals surface area contributed by atoms with Crippen molar-refractivity contribution in [3.05, 3.63) is 5.21 Å². The van der Waals surface area contributed by atoms with Crippen LogP contribution in [0.5, 0.6) is 0 Å². The number of quaternary nitrogens is 1. The Bertz CT molecular complexity index is 794. The van der Waals surface area contributed by atoms with Crippen LogP contribution in [0.4, 0.5) is 0 Å². The van der Waals surface area contributed by atoms with E-state index in [2.05, 4.69) is 13.8 Å². The Morgan fingerprint density at radius 1 is 0.938 bits per heavy atom. The van der Waals surface area contributed by atoms with Gasteiger partial charge in [-0.25, -0.2) is 0 Å². The number of aliphatic hydroxyl groups is 2. The number of hydrogen-bond donors (Lipinski definition) is 2. The van der Waals surface area contributed by atoms with Crippen molar-refractivity contribution < 1.29 is 19.7 Å². The van der Waals surface area contributed by atoms with Gasteiger partial charge in [-0.3, -0.25) is 4.79 Å². The Labute approximate surface area is 193 Å². The molecule has 13 atom stereocenters. The van der Waals surface area contributed by atoms with E-state index in [1.54, 1.807) is 0 Å². The third kappa shape index (κ3) is 2.86. The number of piperidine rings is 2. The van der Waals surface area contributed by atoms with Crippen LogP contribution in [0.25, 0.3) is 0 Å². The third-order valence-corrected chi connectivity index (χ3v) is 12.1. The summed E-state index contributed by atoms with van der Waals surface area (Å²) in [5.41, 5.74) is -0.865. The number of hydroxylamine groups is 3. The summed E-state index contributed by atoms with van der Waals surface area (Å²) in [4.78, 5) is 13.3. The van der Waals surface area contributed by atoms with Crippen LogP contribution in [0.3, 0.4) is 0 Å². The molecule has 0 bridgehead atoms. The molecule has 6 aliphatic rings. The summed E-state index contributed by atoms with van der Waals surface area (Å²) < 4.78 is -0.182. The van der Waals surface area contributed by atoms with Crippen LogP contribution in [0.1, 0.15) is 78.6 Å². The number of nitrogens with zero attached hydrogens (tertiary/aromatic N) is 1. The zero-order valence-corrected chi connectivity index (χ0v) is 20.2. The van der Waals surface area contributed by atoms with Gasteiger partial charge in [-0.15, -0.1) is 0 Å². The maximum Gasteiger partial charge on any atom is 0.136 e. The molecule has 2 aliphatic heterocycles. The molecular weight excluding hydrogens is 402 g/mol. The molecule has 2 heterocycles. The quantitative estimate of drug-likeness (QED) is 0.438. The number of Topliss-reactive ketones (excluding diaryl/α,β-unsaturated/α-hetero) is 1. The van der Waals surface area contributed by atoms with Gasteiger partial charge in [-0.2, -0.15) is 0 Å². The van der Waals surface area contributed by atoms with Crippen molar-refractivity contribution in [3.8, 4) is 0 Å². The molecule has 180 valence electrons. The second kappa shape index (κ2) is 7.02. The highest BCUT2D eigenvalue weighted by Gasteiger charge is 2.66. The molecule has 5 nitrogen and oxygen atoms in total. The summed E-state index contributed by atoms with van der Waals surface area (Å²) in [7, 11) is 0. The van der Waals surface area contributed by atoms with Crippen LogP contribution >= 0.6 is 0 Å². The molecule has 6 rings (SSSR count). The van der Waals surface area contributed by atoms with E-state index in [0.29, 0.717) is 67.2 Å². The molecule has 2 saturated heterocycles. The molecule has 0 aromatic carbocycles. The second-order valence-corrected chi connectivity index (χ2v) is 13.6. The van der Waals surface area contributed by atoms with E-state index >= 15 is 0 Å². The molecule has 4 saturated carbocycles. The van der Waals surface area contributed by atoms with Gasteiger partial charge in [-0.1, -0.05) is 13.8 Å². The Kier molecular flexibility index (Phi) is 4.83. The van der Waals surface area contributed by atoms with Gasteiger partial charge in [0.25, 0.3) is 0 Å². The molecule has 6 fully saturated rings. The van der Waals surface area contributed by atoms with Gasteiger partial charge < -0.3 is 20.1 Å². The first kappa shape index (κ1) is 22.0. The lowest BCUT2D eigenvalue weighted by atomic mass is 9.51. The number of carbonyl (C=O) groups excluding carboxylic acids is 1. The minimum absolute atomic E-state index is 0.00908. The maximum atomic E-state index is 14.2. The monoisotopic (exact) mass is 445 g/mol. The molecule has 0 amide bonds. The molecular formula is C27H43NO4. The average Bonchev–Trinajstić information content (AvgIpc) is 3.08. The van der Waals surface area contributed by atoms with Crippen molar-refractivity contribution in [1.29, 1.82) is 0 Å². The van der Waals surface area contributed by atoms with Gasteiger partial charge in [0.2, 0.25) is 0 Å². The van der Waals surface area contributed by atoms with Crippen molar-refractivity contribution in [1.82, 2.24) is 0 Å². The molecule has 0 spiro atoms.